The minimum Gasteiger partial charge on any atom is -0.293 e. The third kappa shape index (κ3) is 4.94. The van der Waals surface area contributed by atoms with Crippen molar-refractivity contribution in [1.82, 2.24) is 10.2 Å². The van der Waals surface area contributed by atoms with Gasteiger partial charge < -0.3 is 0 Å². The van der Waals surface area contributed by atoms with Gasteiger partial charge in [0.05, 0.1) is 11.4 Å². The number of carbonyl (C=O) groups is 1. The number of hydrogen-bond acceptors (Lipinski definition) is 4. The van der Waals surface area contributed by atoms with Gasteiger partial charge in [-0.3, -0.25) is 9.79 Å². The average Bonchev–Trinajstić information content (AvgIpc) is 3.36. The Kier molecular flexibility index (Phi) is 5.90. The van der Waals surface area contributed by atoms with E-state index >= 15 is 0 Å². The highest BCUT2D eigenvalue weighted by Crippen LogP contribution is 2.41. The summed E-state index contributed by atoms with van der Waals surface area (Å²) in [4.78, 5) is 15.5. The minimum atomic E-state index is 0.0325. The molecule has 1 saturated carbocycles. The first-order valence-electron chi connectivity index (χ1n) is 9.43. The largest absolute Gasteiger partial charge is 0.293 e. The summed E-state index contributed by atoms with van der Waals surface area (Å²) in [5, 5.41) is 8.83. The molecule has 132 valence electrons. The number of aromatic nitrogens is 2. The Morgan fingerprint density at radius 2 is 2.12 bits per heavy atom. The van der Waals surface area contributed by atoms with Gasteiger partial charge in [-0.25, -0.2) is 0 Å². The van der Waals surface area contributed by atoms with Crippen LogP contribution in [0.5, 0.6) is 0 Å². The summed E-state index contributed by atoms with van der Waals surface area (Å²) in [5.74, 6) is 0.854. The third-order valence-electron chi connectivity index (χ3n) is 4.87. The maximum Gasteiger partial charge on any atom is 0.177 e. The summed E-state index contributed by atoms with van der Waals surface area (Å²) >= 11 is 0. The molecule has 0 spiro atoms. The predicted octanol–water partition coefficient (Wildman–Crippen LogP) is 4.49. The number of ketones is 1. The second-order valence-corrected chi connectivity index (χ2v) is 7.04. The van der Waals surface area contributed by atoms with Crippen LogP contribution >= 0.6 is 0 Å². The van der Waals surface area contributed by atoms with Crippen molar-refractivity contribution >= 4 is 18.1 Å². The zero-order valence-electron chi connectivity index (χ0n) is 15.3. The smallest absolute Gasteiger partial charge is 0.177 e. The molecule has 0 saturated heterocycles. The summed E-state index contributed by atoms with van der Waals surface area (Å²) in [6.45, 7) is 3.39. The van der Waals surface area contributed by atoms with E-state index in [0.717, 1.165) is 55.8 Å². The van der Waals surface area contributed by atoms with Crippen molar-refractivity contribution in [3.8, 4) is 0 Å². The van der Waals surface area contributed by atoms with Crippen LogP contribution in [0.2, 0.25) is 0 Å². The Bertz CT molecular complexity index is 727. The number of rotatable bonds is 9. The maximum atomic E-state index is 11.4. The molecule has 2 aliphatic rings. The first-order valence-corrected chi connectivity index (χ1v) is 9.43. The topological polar surface area (TPSA) is 55.2 Å². The number of unbranched alkanes of at least 4 members (excludes halogenated alkanes) is 3. The lowest BCUT2D eigenvalue weighted by molar-refractivity contribution is -0.113. The summed E-state index contributed by atoms with van der Waals surface area (Å²) in [5.41, 5.74) is 5.68. The number of nitrogens with zero attached hydrogens (tertiary/aromatic N) is 3. The Balaban J connectivity index is 1.42. The summed E-state index contributed by atoms with van der Waals surface area (Å²) in [7, 11) is 0. The van der Waals surface area contributed by atoms with Crippen LogP contribution < -0.4 is 0 Å². The van der Waals surface area contributed by atoms with E-state index in [1.807, 2.05) is 13.0 Å². The number of hydrogen-bond donors (Lipinski definition) is 0. The van der Waals surface area contributed by atoms with Crippen molar-refractivity contribution in [1.29, 1.82) is 0 Å². The number of allylic oxidation sites excluding steroid dienone is 3. The molecule has 25 heavy (non-hydrogen) atoms. The molecule has 1 heterocycles. The van der Waals surface area contributed by atoms with E-state index in [4.69, 9.17) is 0 Å². The molecule has 3 rings (SSSR count). The van der Waals surface area contributed by atoms with E-state index in [2.05, 4.69) is 27.3 Å². The lowest BCUT2D eigenvalue weighted by Crippen LogP contribution is -1.99. The number of aryl methyl sites for hydroxylation is 1. The van der Waals surface area contributed by atoms with Crippen molar-refractivity contribution in [3.63, 3.8) is 0 Å². The van der Waals surface area contributed by atoms with Gasteiger partial charge in [-0.1, -0.05) is 24.1 Å². The van der Waals surface area contributed by atoms with Crippen molar-refractivity contribution < 1.29 is 4.79 Å². The Morgan fingerprint density at radius 3 is 2.84 bits per heavy atom. The predicted molar refractivity (Wildman–Crippen MR) is 102 cm³/mol. The van der Waals surface area contributed by atoms with Crippen LogP contribution in [0, 0.1) is 5.92 Å². The lowest BCUT2D eigenvalue weighted by Gasteiger charge is -2.03. The molecule has 4 nitrogen and oxygen atoms in total. The average molecular weight is 337 g/mol. The van der Waals surface area contributed by atoms with E-state index in [-0.39, 0.29) is 5.78 Å². The molecule has 0 bridgehead atoms. The molecule has 0 amide bonds. The molecule has 0 radical (unpaired) electrons. The van der Waals surface area contributed by atoms with E-state index < -0.39 is 0 Å². The Morgan fingerprint density at radius 1 is 1.28 bits per heavy atom. The SMILES string of the molecule is CC=N/C(=C\CCCCCc1cc2c(nn1)CC(C1CC1)=C2)C(C)=O. The fraction of sp³-hybridized carbons (Fsp3) is 0.524. The van der Waals surface area contributed by atoms with Crippen molar-refractivity contribution in [2.24, 2.45) is 10.9 Å². The molecular formula is C21H27N3O. The quantitative estimate of drug-likeness (QED) is 0.379. The van der Waals surface area contributed by atoms with Crippen molar-refractivity contribution in [2.45, 2.75) is 65.2 Å². The van der Waals surface area contributed by atoms with Crippen LogP contribution in [0.25, 0.3) is 6.08 Å². The molecule has 1 aromatic rings. The zero-order chi connectivity index (χ0) is 17.6. The van der Waals surface area contributed by atoms with Gasteiger partial charge in [0.25, 0.3) is 0 Å². The lowest BCUT2D eigenvalue weighted by atomic mass is 10.1. The van der Waals surface area contributed by atoms with Crippen molar-refractivity contribution in [3.05, 3.63) is 40.4 Å². The molecular weight excluding hydrogens is 310 g/mol. The first kappa shape index (κ1) is 17.7. The highest BCUT2D eigenvalue weighted by atomic mass is 16.1. The van der Waals surface area contributed by atoms with E-state index in [0.29, 0.717) is 5.70 Å². The third-order valence-corrected chi connectivity index (χ3v) is 4.87. The normalized spacial score (nSPS) is 17.0. The molecule has 2 aliphatic carbocycles. The van der Waals surface area contributed by atoms with Gasteiger partial charge in [0.2, 0.25) is 0 Å². The van der Waals surface area contributed by atoms with Gasteiger partial charge >= 0.3 is 0 Å². The van der Waals surface area contributed by atoms with E-state index in [9.17, 15) is 4.79 Å². The number of carbonyl (C=O) groups excluding carboxylic acids is 1. The number of aliphatic imine (C=N–C) groups is 1. The Labute approximate surface area is 150 Å². The molecule has 4 heteroatoms. The minimum absolute atomic E-state index is 0.0325. The second-order valence-electron chi connectivity index (χ2n) is 7.04. The van der Waals surface area contributed by atoms with Crippen LogP contribution in [-0.4, -0.2) is 22.2 Å². The molecule has 1 fully saturated rings. The molecule has 0 N–H and O–H groups in total. The summed E-state index contributed by atoms with van der Waals surface area (Å²) in [6.07, 6.45) is 14.8. The summed E-state index contributed by atoms with van der Waals surface area (Å²) in [6, 6.07) is 2.22. The van der Waals surface area contributed by atoms with Gasteiger partial charge in [0, 0.05) is 19.6 Å². The zero-order valence-corrected chi connectivity index (χ0v) is 15.3. The summed E-state index contributed by atoms with van der Waals surface area (Å²) < 4.78 is 0. The molecule has 0 aromatic carbocycles. The number of Topliss-reactive ketones (excluding diaryl/α,β-unsaturated/α-hetero) is 1. The van der Waals surface area contributed by atoms with Crippen LogP contribution in [-0.2, 0) is 17.6 Å². The van der Waals surface area contributed by atoms with E-state index in [1.54, 1.807) is 18.7 Å². The first-order chi connectivity index (χ1) is 12.2. The molecule has 0 unspecified atom stereocenters. The Hall–Kier alpha value is -2.10. The number of fused-ring (bicyclic) bond motifs is 1. The van der Waals surface area contributed by atoms with E-state index in [1.165, 1.54) is 18.4 Å². The van der Waals surface area contributed by atoms with Crippen LogP contribution in [0.4, 0.5) is 0 Å². The fourth-order valence-electron chi connectivity index (χ4n) is 3.31. The molecule has 1 aromatic heterocycles. The van der Waals surface area contributed by atoms with Crippen LogP contribution in [0.1, 0.15) is 69.3 Å². The van der Waals surface area contributed by atoms with Gasteiger partial charge in [-0.05, 0) is 63.0 Å². The standard InChI is InChI=1S/C21H27N3O/c1-3-22-20(15(2)25)9-7-5-4-6-8-19-13-18-12-17(16-10-11-16)14-21(18)24-23-19/h3,9,12-13,16H,4-8,10-11,14H2,1-2H3/b20-9-,22-3?. The van der Waals surface area contributed by atoms with Gasteiger partial charge in [0.15, 0.2) is 5.78 Å². The molecule has 0 atom stereocenters. The highest BCUT2D eigenvalue weighted by Gasteiger charge is 2.29. The molecule has 0 aliphatic heterocycles. The van der Waals surface area contributed by atoms with Gasteiger partial charge in [-0.2, -0.15) is 10.2 Å². The van der Waals surface area contributed by atoms with Crippen LogP contribution in [0.3, 0.4) is 0 Å². The van der Waals surface area contributed by atoms with Gasteiger partial charge in [0.1, 0.15) is 5.70 Å². The second kappa shape index (κ2) is 8.32. The monoisotopic (exact) mass is 337 g/mol. The highest BCUT2D eigenvalue weighted by molar-refractivity contribution is 5.94. The van der Waals surface area contributed by atoms with Gasteiger partial charge in [-0.15, -0.1) is 0 Å². The van der Waals surface area contributed by atoms with Crippen molar-refractivity contribution in [2.75, 3.05) is 0 Å². The fourth-order valence-corrected chi connectivity index (χ4v) is 3.31. The van der Waals surface area contributed by atoms with Crippen LogP contribution in [0.15, 0.2) is 28.4 Å². The maximum absolute atomic E-state index is 11.4.